The molecule has 0 unspecified atom stereocenters. The lowest BCUT2D eigenvalue weighted by Gasteiger charge is -2.12. The Morgan fingerprint density at radius 1 is 1.15 bits per heavy atom. The van der Waals surface area contributed by atoms with Gasteiger partial charge in [0.15, 0.2) is 0 Å². The Balaban J connectivity index is 2.20. The van der Waals surface area contributed by atoms with Crippen LogP contribution < -0.4 is 16.2 Å². The Labute approximate surface area is 115 Å². The van der Waals surface area contributed by atoms with Gasteiger partial charge in [0.1, 0.15) is 0 Å². The van der Waals surface area contributed by atoms with Gasteiger partial charge >= 0.3 is 0 Å². The molecular formula is C12H14N8. The largest absolute Gasteiger partial charge is 0.347 e. The summed E-state index contributed by atoms with van der Waals surface area (Å²) in [7, 11) is 3.70. The highest BCUT2D eigenvalue weighted by Gasteiger charge is 2.12. The lowest BCUT2D eigenvalue weighted by atomic mass is 10.3. The highest BCUT2D eigenvalue weighted by atomic mass is 15.4. The predicted molar refractivity (Wildman–Crippen MR) is 76.6 cm³/mol. The zero-order chi connectivity index (χ0) is 14.1. The van der Waals surface area contributed by atoms with E-state index in [9.17, 15) is 0 Å². The van der Waals surface area contributed by atoms with Gasteiger partial charge in [-0.15, -0.1) is 0 Å². The zero-order valence-corrected chi connectivity index (χ0v) is 11.1. The van der Waals surface area contributed by atoms with Gasteiger partial charge in [-0.25, -0.2) is 5.84 Å². The van der Waals surface area contributed by atoms with Crippen LogP contribution in [0.3, 0.4) is 0 Å². The first-order valence-electron chi connectivity index (χ1n) is 6.02. The third-order valence-corrected chi connectivity index (χ3v) is 2.81. The molecule has 0 saturated carbocycles. The smallest absolute Gasteiger partial charge is 0.257 e. The van der Waals surface area contributed by atoms with E-state index in [4.69, 9.17) is 5.84 Å². The fourth-order valence-electron chi connectivity index (χ4n) is 1.84. The highest BCUT2D eigenvalue weighted by molar-refractivity contribution is 5.79. The maximum Gasteiger partial charge on any atom is 0.257 e. The van der Waals surface area contributed by atoms with E-state index in [0.29, 0.717) is 17.8 Å². The monoisotopic (exact) mass is 270 g/mol. The normalized spacial score (nSPS) is 10.8. The van der Waals surface area contributed by atoms with Crippen LogP contribution in [0, 0.1) is 0 Å². The molecule has 0 amide bonds. The van der Waals surface area contributed by atoms with Crippen molar-refractivity contribution in [1.29, 1.82) is 0 Å². The Hall–Kier alpha value is -2.74. The van der Waals surface area contributed by atoms with E-state index in [2.05, 4.69) is 25.5 Å². The average Bonchev–Trinajstić information content (AvgIpc) is 2.90. The summed E-state index contributed by atoms with van der Waals surface area (Å²) in [4.78, 5) is 14.6. The number of hydrogen-bond acceptors (Lipinski definition) is 7. The predicted octanol–water partition coefficient (Wildman–Crippen LogP) is 0.562. The molecule has 3 N–H and O–H groups in total. The summed E-state index contributed by atoms with van der Waals surface area (Å²) < 4.78 is 1.66. The van der Waals surface area contributed by atoms with Crippen LogP contribution in [0.5, 0.6) is 0 Å². The van der Waals surface area contributed by atoms with Crippen LogP contribution in [0.2, 0.25) is 0 Å². The third-order valence-electron chi connectivity index (χ3n) is 2.81. The molecule has 3 rings (SSSR count). The summed E-state index contributed by atoms with van der Waals surface area (Å²) in [6.07, 6.45) is 1.77. The van der Waals surface area contributed by atoms with Crippen molar-refractivity contribution in [3.8, 4) is 5.95 Å². The second-order valence-corrected chi connectivity index (χ2v) is 4.41. The van der Waals surface area contributed by atoms with Gasteiger partial charge < -0.3 is 4.90 Å². The molecule has 0 spiro atoms. The van der Waals surface area contributed by atoms with Crippen molar-refractivity contribution in [2.45, 2.75) is 0 Å². The van der Waals surface area contributed by atoms with Crippen LogP contribution >= 0.6 is 0 Å². The maximum atomic E-state index is 5.40. The van der Waals surface area contributed by atoms with E-state index in [0.717, 1.165) is 10.9 Å². The Kier molecular flexibility index (Phi) is 2.92. The fraction of sp³-hybridized carbons (Fsp3) is 0.167. The summed E-state index contributed by atoms with van der Waals surface area (Å²) in [6.45, 7) is 0. The molecule has 0 aliphatic rings. The number of nitrogens with one attached hydrogen (secondary N) is 1. The number of para-hydroxylation sites is 1. The van der Waals surface area contributed by atoms with Crippen LogP contribution in [0.4, 0.5) is 11.9 Å². The van der Waals surface area contributed by atoms with Gasteiger partial charge in [-0.1, -0.05) is 18.2 Å². The summed E-state index contributed by atoms with van der Waals surface area (Å²) in [5.74, 6) is 6.61. The van der Waals surface area contributed by atoms with Crippen LogP contribution in [-0.4, -0.2) is 38.8 Å². The summed E-state index contributed by atoms with van der Waals surface area (Å²) in [5.41, 5.74) is 3.37. The number of aromatic nitrogens is 5. The van der Waals surface area contributed by atoms with E-state index < -0.39 is 0 Å². The molecule has 3 aromatic rings. The minimum absolute atomic E-state index is 0.290. The van der Waals surface area contributed by atoms with Gasteiger partial charge in [-0.3, -0.25) is 5.43 Å². The summed E-state index contributed by atoms with van der Waals surface area (Å²) >= 11 is 0. The van der Waals surface area contributed by atoms with Crippen LogP contribution in [0.15, 0.2) is 30.5 Å². The second-order valence-electron chi connectivity index (χ2n) is 4.41. The number of anilines is 2. The molecule has 1 aromatic carbocycles. The topological polar surface area (TPSA) is 97.8 Å². The Morgan fingerprint density at radius 2 is 1.95 bits per heavy atom. The van der Waals surface area contributed by atoms with Crippen molar-refractivity contribution < 1.29 is 0 Å². The van der Waals surface area contributed by atoms with Crippen LogP contribution in [0.25, 0.3) is 16.9 Å². The number of nitrogens with two attached hydrogens (primary N) is 1. The minimum atomic E-state index is 0.290. The van der Waals surface area contributed by atoms with Gasteiger partial charge in [0.2, 0.25) is 11.9 Å². The number of hydrazine groups is 1. The first-order chi connectivity index (χ1) is 9.69. The van der Waals surface area contributed by atoms with Crippen LogP contribution in [-0.2, 0) is 0 Å². The fourth-order valence-corrected chi connectivity index (χ4v) is 1.84. The lowest BCUT2D eigenvalue weighted by molar-refractivity contribution is 0.809. The molecule has 2 aromatic heterocycles. The first-order valence-corrected chi connectivity index (χ1v) is 6.02. The molecule has 0 aliphatic heterocycles. The lowest BCUT2D eigenvalue weighted by Crippen LogP contribution is -2.19. The highest BCUT2D eigenvalue weighted by Crippen LogP contribution is 2.17. The third kappa shape index (κ3) is 2.01. The number of benzene rings is 1. The van der Waals surface area contributed by atoms with Gasteiger partial charge in [0, 0.05) is 19.5 Å². The molecule has 8 nitrogen and oxygen atoms in total. The molecule has 0 saturated heterocycles. The van der Waals surface area contributed by atoms with E-state index in [1.165, 1.54) is 0 Å². The van der Waals surface area contributed by atoms with E-state index in [1.807, 2.05) is 38.4 Å². The van der Waals surface area contributed by atoms with Crippen LogP contribution in [0.1, 0.15) is 0 Å². The first kappa shape index (κ1) is 12.3. The molecule has 2 heterocycles. The quantitative estimate of drug-likeness (QED) is 0.530. The molecular weight excluding hydrogens is 256 g/mol. The van der Waals surface area contributed by atoms with Crippen molar-refractivity contribution in [3.63, 3.8) is 0 Å². The number of hydrogen-bond donors (Lipinski definition) is 2. The molecule has 102 valence electrons. The summed E-state index contributed by atoms with van der Waals surface area (Å²) in [6, 6.07) is 7.84. The number of fused-ring (bicyclic) bond motifs is 1. The van der Waals surface area contributed by atoms with Gasteiger partial charge in [-0.2, -0.15) is 24.7 Å². The Morgan fingerprint density at radius 3 is 2.70 bits per heavy atom. The van der Waals surface area contributed by atoms with Crippen molar-refractivity contribution in [2.24, 2.45) is 5.84 Å². The SMILES string of the molecule is CN(C)c1nc(NN)nc(-n2ncc3ccccc32)n1. The summed E-state index contributed by atoms with van der Waals surface area (Å²) in [5, 5.41) is 5.33. The molecule has 0 atom stereocenters. The zero-order valence-electron chi connectivity index (χ0n) is 11.1. The number of nitrogen functional groups attached to an aromatic ring is 1. The molecule has 0 aliphatic carbocycles. The van der Waals surface area contributed by atoms with Crippen molar-refractivity contribution in [1.82, 2.24) is 24.7 Å². The number of rotatable bonds is 3. The number of nitrogens with zero attached hydrogens (tertiary/aromatic N) is 6. The molecule has 20 heavy (non-hydrogen) atoms. The van der Waals surface area contributed by atoms with Crippen molar-refractivity contribution in [2.75, 3.05) is 24.4 Å². The van der Waals surface area contributed by atoms with E-state index >= 15 is 0 Å². The second kappa shape index (κ2) is 4.74. The van der Waals surface area contributed by atoms with Gasteiger partial charge in [0.25, 0.3) is 5.95 Å². The van der Waals surface area contributed by atoms with E-state index in [-0.39, 0.29) is 0 Å². The maximum absolute atomic E-state index is 5.40. The molecule has 0 radical (unpaired) electrons. The average molecular weight is 270 g/mol. The molecule has 0 fully saturated rings. The van der Waals surface area contributed by atoms with Gasteiger partial charge in [-0.05, 0) is 6.07 Å². The van der Waals surface area contributed by atoms with E-state index in [1.54, 1.807) is 15.8 Å². The Bertz CT molecular complexity index is 748. The molecule has 8 heteroatoms. The van der Waals surface area contributed by atoms with Crippen molar-refractivity contribution in [3.05, 3.63) is 30.5 Å². The van der Waals surface area contributed by atoms with Gasteiger partial charge in [0.05, 0.1) is 11.7 Å². The minimum Gasteiger partial charge on any atom is -0.347 e. The standard InChI is InChI=1S/C12H14N8/c1-19(2)11-15-10(18-13)16-12(17-11)20-9-6-4-3-5-8(9)7-14-20/h3-7H,13H2,1-2H3,(H,15,16,17,18). The molecule has 0 bridgehead atoms. The van der Waals surface area contributed by atoms with Crippen molar-refractivity contribution >= 4 is 22.8 Å².